The molecule has 0 bridgehead atoms. The Morgan fingerprint density at radius 2 is 2.13 bits per heavy atom. The second kappa shape index (κ2) is 7.57. The Morgan fingerprint density at radius 1 is 1.35 bits per heavy atom. The summed E-state index contributed by atoms with van der Waals surface area (Å²) in [4.78, 5) is 10.9. The molecule has 0 saturated carbocycles. The molecule has 128 valence electrons. The first kappa shape index (κ1) is 16.6. The first-order valence-corrected chi connectivity index (χ1v) is 9.92. The molecule has 0 spiro atoms. The number of ether oxygens (including phenoxy) is 1. The standard InChI is InChI=1S/C16H26N4O2S/c1-12(2)16-13(4-3-7-22-16)19-14-10-15(18-11-17-14)20-5-8-23(21)9-6-20/h10-13,16H,3-9H2,1-2H3,(H,17,18,19)/t13-,16+/m0/s1. The first-order chi connectivity index (χ1) is 11.1. The van der Waals surface area contributed by atoms with Gasteiger partial charge in [-0.2, -0.15) is 0 Å². The average molecular weight is 338 g/mol. The van der Waals surface area contributed by atoms with E-state index < -0.39 is 10.8 Å². The van der Waals surface area contributed by atoms with E-state index in [0.717, 1.165) is 55.7 Å². The van der Waals surface area contributed by atoms with Crippen molar-refractivity contribution in [2.75, 3.05) is 41.4 Å². The number of nitrogens with zero attached hydrogens (tertiary/aromatic N) is 3. The number of rotatable bonds is 4. The molecule has 0 radical (unpaired) electrons. The van der Waals surface area contributed by atoms with Crippen LogP contribution in [0.25, 0.3) is 0 Å². The van der Waals surface area contributed by atoms with Gasteiger partial charge in [-0.15, -0.1) is 0 Å². The van der Waals surface area contributed by atoms with E-state index in [0.29, 0.717) is 12.0 Å². The van der Waals surface area contributed by atoms with Crippen molar-refractivity contribution in [2.24, 2.45) is 5.92 Å². The van der Waals surface area contributed by atoms with Crippen LogP contribution in [0.1, 0.15) is 26.7 Å². The van der Waals surface area contributed by atoms with Gasteiger partial charge < -0.3 is 15.0 Å². The van der Waals surface area contributed by atoms with Crippen molar-refractivity contribution in [1.82, 2.24) is 9.97 Å². The summed E-state index contributed by atoms with van der Waals surface area (Å²) in [5.74, 6) is 3.68. The van der Waals surface area contributed by atoms with Gasteiger partial charge >= 0.3 is 0 Å². The van der Waals surface area contributed by atoms with Gasteiger partial charge in [0, 0.05) is 48.1 Å². The molecule has 2 saturated heterocycles. The molecule has 3 rings (SSSR count). The van der Waals surface area contributed by atoms with Crippen LogP contribution in [0, 0.1) is 5.92 Å². The zero-order valence-corrected chi connectivity index (χ0v) is 14.7. The first-order valence-electron chi connectivity index (χ1n) is 8.43. The predicted molar refractivity (Wildman–Crippen MR) is 93.3 cm³/mol. The molecular formula is C16H26N4O2S. The Kier molecular flexibility index (Phi) is 5.48. The summed E-state index contributed by atoms with van der Waals surface area (Å²) in [6.07, 6.45) is 4.01. The highest BCUT2D eigenvalue weighted by Crippen LogP contribution is 2.24. The minimum absolute atomic E-state index is 0.222. The zero-order valence-electron chi connectivity index (χ0n) is 13.9. The summed E-state index contributed by atoms with van der Waals surface area (Å²) < 4.78 is 17.4. The Morgan fingerprint density at radius 3 is 2.87 bits per heavy atom. The molecule has 1 aromatic heterocycles. The monoisotopic (exact) mass is 338 g/mol. The SMILES string of the molecule is CC(C)[C@H]1OCCC[C@@H]1Nc1cc(N2CCS(=O)CC2)ncn1. The Bertz CT molecular complexity index is 545. The maximum absolute atomic E-state index is 11.5. The second-order valence-electron chi connectivity index (χ2n) is 6.57. The molecule has 2 aliphatic rings. The molecule has 23 heavy (non-hydrogen) atoms. The number of anilines is 2. The molecule has 1 aromatic rings. The summed E-state index contributed by atoms with van der Waals surface area (Å²) in [6.45, 7) is 6.84. The van der Waals surface area contributed by atoms with Gasteiger partial charge in [-0.3, -0.25) is 4.21 Å². The summed E-state index contributed by atoms with van der Waals surface area (Å²) in [5.41, 5.74) is 0. The molecule has 0 unspecified atom stereocenters. The lowest BCUT2D eigenvalue weighted by atomic mass is 9.94. The fourth-order valence-corrected chi connectivity index (χ4v) is 4.32. The molecule has 3 heterocycles. The Balaban J connectivity index is 1.68. The highest BCUT2D eigenvalue weighted by molar-refractivity contribution is 7.85. The summed E-state index contributed by atoms with van der Waals surface area (Å²) in [5, 5.41) is 3.54. The van der Waals surface area contributed by atoms with Gasteiger partial charge in [0.05, 0.1) is 12.1 Å². The lowest BCUT2D eigenvalue weighted by molar-refractivity contribution is -0.0203. The van der Waals surface area contributed by atoms with Crippen molar-refractivity contribution in [3.8, 4) is 0 Å². The summed E-state index contributed by atoms with van der Waals surface area (Å²) >= 11 is 0. The van der Waals surface area contributed by atoms with E-state index in [-0.39, 0.29) is 6.10 Å². The van der Waals surface area contributed by atoms with Crippen LogP contribution >= 0.6 is 0 Å². The van der Waals surface area contributed by atoms with Crippen LogP contribution in [0.4, 0.5) is 11.6 Å². The van der Waals surface area contributed by atoms with Gasteiger partial charge in [-0.1, -0.05) is 13.8 Å². The van der Waals surface area contributed by atoms with Crippen molar-refractivity contribution in [2.45, 2.75) is 38.8 Å². The van der Waals surface area contributed by atoms with E-state index in [9.17, 15) is 4.21 Å². The normalized spacial score (nSPS) is 26.5. The maximum Gasteiger partial charge on any atom is 0.134 e. The molecule has 0 aliphatic carbocycles. The van der Waals surface area contributed by atoms with Gasteiger partial charge in [0.25, 0.3) is 0 Å². The molecule has 2 atom stereocenters. The number of nitrogens with one attached hydrogen (secondary N) is 1. The molecular weight excluding hydrogens is 312 g/mol. The third kappa shape index (κ3) is 4.20. The van der Waals surface area contributed by atoms with Crippen LogP contribution < -0.4 is 10.2 Å². The van der Waals surface area contributed by atoms with Crippen LogP contribution in [-0.4, -0.2) is 57.5 Å². The molecule has 0 amide bonds. The molecule has 6 nitrogen and oxygen atoms in total. The number of hydrogen-bond donors (Lipinski definition) is 1. The van der Waals surface area contributed by atoms with Crippen LogP contribution in [0.2, 0.25) is 0 Å². The van der Waals surface area contributed by atoms with E-state index in [4.69, 9.17) is 4.74 Å². The Labute approximate surface area is 140 Å². The fourth-order valence-electron chi connectivity index (χ4n) is 3.27. The van der Waals surface area contributed by atoms with Crippen molar-refractivity contribution in [1.29, 1.82) is 0 Å². The third-order valence-electron chi connectivity index (χ3n) is 4.51. The van der Waals surface area contributed by atoms with Crippen molar-refractivity contribution in [3.05, 3.63) is 12.4 Å². The lowest BCUT2D eigenvalue weighted by Gasteiger charge is -2.35. The Hall–Kier alpha value is -1.21. The topological polar surface area (TPSA) is 67.3 Å². The van der Waals surface area contributed by atoms with Gasteiger partial charge in [0.1, 0.15) is 18.0 Å². The van der Waals surface area contributed by atoms with Crippen LogP contribution in [0.3, 0.4) is 0 Å². The van der Waals surface area contributed by atoms with Crippen molar-refractivity contribution < 1.29 is 8.95 Å². The van der Waals surface area contributed by atoms with Crippen LogP contribution in [-0.2, 0) is 15.5 Å². The molecule has 1 N–H and O–H groups in total. The van der Waals surface area contributed by atoms with Gasteiger partial charge in [0.15, 0.2) is 0 Å². The highest BCUT2D eigenvalue weighted by atomic mass is 32.2. The minimum atomic E-state index is -0.673. The van der Waals surface area contributed by atoms with Crippen molar-refractivity contribution in [3.63, 3.8) is 0 Å². The van der Waals surface area contributed by atoms with E-state index in [1.807, 2.05) is 6.07 Å². The predicted octanol–water partition coefficient (Wildman–Crippen LogP) is 1.66. The highest BCUT2D eigenvalue weighted by Gasteiger charge is 2.29. The van der Waals surface area contributed by atoms with Gasteiger partial charge in [0.2, 0.25) is 0 Å². The molecule has 2 fully saturated rings. The minimum Gasteiger partial charge on any atom is -0.376 e. The van der Waals surface area contributed by atoms with E-state index in [1.165, 1.54) is 0 Å². The summed E-state index contributed by atoms with van der Waals surface area (Å²) in [7, 11) is -0.673. The zero-order chi connectivity index (χ0) is 16.2. The van der Waals surface area contributed by atoms with E-state index in [2.05, 4.69) is 34.0 Å². The molecule has 0 aromatic carbocycles. The van der Waals surface area contributed by atoms with E-state index >= 15 is 0 Å². The van der Waals surface area contributed by atoms with Crippen molar-refractivity contribution >= 4 is 22.4 Å². The van der Waals surface area contributed by atoms with E-state index in [1.54, 1.807) is 6.33 Å². The third-order valence-corrected chi connectivity index (χ3v) is 5.79. The smallest absolute Gasteiger partial charge is 0.134 e. The second-order valence-corrected chi connectivity index (χ2v) is 8.27. The quantitative estimate of drug-likeness (QED) is 0.901. The fraction of sp³-hybridized carbons (Fsp3) is 0.750. The number of hydrogen-bond acceptors (Lipinski definition) is 6. The largest absolute Gasteiger partial charge is 0.376 e. The van der Waals surface area contributed by atoms with Crippen LogP contribution in [0.5, 0.6) is 0 Å². The summed E-state index contributed by atoms with van der Waals surface area (Å²) in [6, 6.07) is 2.29. The maximum atomic E-state index is 11.5. The average Bonchev–Trinajstić information content (AvgIpc) is 2.56. The lowest BCUT2D eigenvalue weighted by Crippen LogP contribution is -2.43. The number of aromatic nitrogens is 2. The van der Waals surface area contributed by atoms with Crippen LogP contribution in [0.15, 0.2) is 12.4 Å². The molecule has 7 heteroatoms. The van der Waals surface area contributed by atoms with Gasteiger partial charge in [-0.05, 0) is 18.8 Å². The van der Waals surface area contributed by atoms with Gasteiger partial charge in [-0.25, -0.2) is 9.97 Å². The molecule has 2 aliphatic heterocycles.